The molecule has 0 spiro atoms. The summed E-state index contributed by atoms with van der Waals surface area (Å²) in [7, 11) is 0. The average molecular weight is 558 g/mol. The number of ether oxygens (including phenoxy) is 2. The molecule has 2 atom stereocenters. The number of nitrogens with zero attached hydrogens (tertiary/aromatic N) is 1. The number of benzene rings is 5. The lowest BCUT2D eigenvalue weighted by Gasteiger charge is -2.37. The number of hydrogen-bond donors (Lipinski definition) is 1. The Morgan fingerprint density at radius 3 is 2.29 bits per heavy atom. The molecule has 1 amide bonds. The van der Waals surface area contributed by atoms with Gasteiger partial charge in [0.05, 0.1) is 0 Å². The second-order valence-corrected chi connectivity index (χ2v) is 10.6. The van der Waals surface area contributed by atoms with Crippen molar-refractivity contribution in [3.8, 4) is 11.5 Å². The van der Waals surface area contributed by atoms with Crippen LogP contribution in [0.4, 0.5) is 0 Å². The van der Waals surface area contributed by atoms with E-state index in [1.165, 1.54) is 4.90 Å². The van der Waals surface area contributed by atoms with Gasteiger partial charge in [0.2, 0.25) is 6.10 Å². The van der Waals surface area contributed by atoms with Crippen LogP contribution in [0, 0.1) is 6.92 Å². The van der Waals surface area contributed by atoms with Gasteiger partial charge in [-0.2, -0.15) is 0 Å². The second-order valence-electron chi connectivity index (χ2n) is 10.6. The SMILES string of the molecule is Cc1ccc2c(c1OCc1ccccc1)C[C@H](C(=O)O)N(C(=O)[C@@H](Oc1ccc3ccccc3c1)c1ccccc1)C2. The summed E-state index contributed by atoms with van der Waals surface area (Å²) >= 11 is 0. The molecule has 6 rings (SSSR count). The van der Waals surface area contributed by atoms with E-state index in [1.54, 1.807) is 0 Å². The predicted molar refractivity (Wildman–Crippen MR) is 161 cm³/mol. The highest BCUT2D eigenvalue weighted by molar-refractivity contribution is 5.89. The minimum absolute atomic E-state index is 0.136. The lowest BCUT2D eigenvalue weighted by Crippen LogP contribution is -2.51. The molecule has 42 heavy (non-hydrogen) atoms. The van der Waals surface area contributed by atoms with E-state index in [2.05, 4.69) is 0 Å². The Hall–Kier alpha value is -5.10. The van der Waals surface area contributed by atoms with Crippen molar-refractivity contribution >= 4 is 22.6 Å². The normalized spacial score (nSPS) is 15.1. The molecule has 5 aromatic carbocycles. The van der Waals surface area contributed by atoms with E-state index in [4.69, 9.17) is 9.47 Å². The molecule has 1 aliphatic rings. The number of carbonyl (C=O) groups excluding carboxylic acids is 1. The maximum Gasteiger partial charge on any atom is 0.326 e. The van der Waals surface area contributed by atoms with Crippen LogP contribution in [-0.4, -0.2) is 27.9 Å². The number of carboxylic acid groups (broad SMARTS) is 1. The second kappa shape index (κ2) is 11.8. The Morgan fingerprint density at radius 2 is 1.55 bits per heavy atom. The van der Waals surface area contributed by atoms with Gasteiger partial charge in [-0.05, 0) is 46.5 Å². The van der Waals surface area contributed by atoms with Crippen LogP contribution in [0.25, 0.3) is 10.8 Å². The molecule has 1 aliphatic heterocycles. The summed E-state index contributed by atoms with van der Waals surface area (Å²) in [6.45, 7) is 2.46. The van der Waals surface area contributed by atoms with Crippen molar-refractivity contribution < 1.29 is 24.2 Å². The molecule has 1 heterocycles. The van der Waals surface area contributed by atoms with Crippen molar-refractivity contribution in [2.24, 2.45) is 0 Å². The Morgan fingerprint density at radius 1 is 0.857 bits per heavy atom. The third-order valence-corrected chi connectivity index (χ3v) is 7.76. The van der Waals surface area contributed by atoms with Gasteiger partial charge >= 0.3 is 5.97 Å². The van der Waals surface area contributed by atoms with Crippen molar-refractivity contribution in [2.75, 3.05) is 0 Å². The van der Waals surface area contributed by atoms with Crippen LogP contribution in [0.15, 0.2) is 115 Å². The Bertz CT molecular complexity index is 1730. The van der Waals surface area contributed by atoms with Crippen LogP contribution in [0.2, 0.25) is 0 Å². The summed E-state index contributed by atoms with van der Waals surface area (Å²) in [5.41, 5.74) is 4.30. The smallest absolute Gasteiger partial charge is 0.326 e. The largest absolute Gasteiger partial charge is 0.488 e. The first-order valence-corrected chi connectivity index (χ1v) is 14.0. The summed E-state index contributed by atoms with van der Waals surface area (Å²) in [6.07, 6.45) is -0.880. The number of carboxylic acids is 1. The molecule has 6 nitrogen and oxygen atoms in total. The van der Waals surface area contributed by atoms with Crippen LogP contribution >= 0.6 is 0 Å². The number of hydrogen-bond acceptors (Lipinski definition) is 4. The lowest BCUT2D eigenvalue weighted by atomic mass is 9.90. The molecule has 0 saturated heterocycles. The number of aliphatic carboxylic acids is 1. The molecule has 210 valence electrons. The first kappa shape index (κ1) is 27.1. The molecule has 0 unspecified atom stereocenters. The van der Waals surface area contributed by atoms with Gasteiger partial charge in [0.25, 0.3) is 5.91 Å². The van der Waals surface area contributed by atoms with Crippen molar-refractivity contribution in [1.82, 2.24) is 4.90 Å². The highest BCUT2D eigenvalue weighted by atomic mass is 16.5. The summed E-state index contributed by atoms with van der Waals surface area (Å²) in [4.78, 5) is 28.3. The third-order valence-electron chi connectivity index (χ3n) is 7.76. The van der Waals surface area contributed by atoms with E-state index in [0.717, 1.165) is 33.0 Å². The Labute approximate surface area is 244 Å². The minimum Gasteiger partial charge on any atom is -0.488 e. The fraction of sp³-hybridized carbons (Fsp3) is 0.167. The molecular formula is C36H31NO5. The van der Waals surface area contributed by atoms with E-state index >= 15 is 0 Å². The van der Waals surface area contributed by atoms with Crippen LogP contribution < -0.4 is 9.47 Å². The van der Waals surface area contributed by atoms with Crippen LogP contribution in [-0.2, 0) is 29.2 Å². The molecule has 0 fully saturated rings. The number of rotatable bonds is 8. The highest BCUT2D eigenvalue weighted by Crippen LogP contribution is 2.36. The lowest BCUT2D eigenvalue weighted by molar-refractivity contribution is -0.155. The molecule has 0 aliphatic carbocycles. The zero-order valence-corrected chi connectivity index (χ0v) is 23.3. The Balaban J connectivity index is 1.33. The van der Waals surface area contributed by atoms with E-state index in [-0.39, 0.29) is 13.0 Å². The minimum atomic E-state index is -1.07. The molecule has 0 aromatic heterocycles. The number of fused-ring (bicyclic) bond motifs is 2. The summed E-state index contributed by atoms with van der Waals surface area (Å²) in [5.74, 6) is -0.254. The van der Waals surface area contributed by atoms with E-state index in [0.29, 0.717) is 23.7 Å². The highest BCUT2D eigenvalue weighted by Gasteiger charge is 2.40. The average Bonchev–Trinajstić information content (AvgIpc) is 3.03. The topological polar surface area (TPSA) is 76.1 Å². The van der Waals surface area contributed by atoms with Crippen LogP contribution in [0.3, 0.4) is 0 Å². The number of amides is 1. The standard InChI is InChI=1S/C36H31NO5/c1-24-16-17-29-22-37(32(36(39)40)21-31(29)33(24)41-23-25-10-4-2-5-11-25)35(38)34(27-13-6-3-7-14-27)42-30-19-18-26-12-8-9-15-28(26)20-30/h2-20,32,34H,21-23H2,1H3,(H,39,40)/t32-,34+/m1/s1. The monoisotopic (exact) mass is 557 g/mol. The summed E-state index contributed by atoms with van der Waals surface area (Å²) in [5, 5.41) is 12.4. The summed E-state index contributed by atoms with van der Waals surface area (Å²) in [6, 6.07) is 35.5. The van der Waals surface area contributed by atoms with E-state index < -0.39 is 24.0 Å². The van der Waals surface area contributed by atoms with Crippen molar-refractivity contribution in [3.05, 3.63) is 143 Å². The van der Waals surface area contributed by atoms with Crippen LogP contribution in [0.1, 0.15) is 33.9 Å². The first-order valence-electron chi connectivity index (χ1n) is 14.0. The number of aryl methyl sites for hydroxylation is 1. The molecule has 5 aromatic rings. The zero-order valence-electron chi connectivity index (χ0n) is 23.3. The van der Waals surface area contributed by atoms with Crippen molar-refractivity contribution in [2.45, 2.75) is 38.6 Å². The zero-order chi connectivity index (χ0) is 29.1. The van der Waals surface area contributed by atoms with E-state index in [1.807, 2.05) is 122 Å². The van der Waals surface area contributed by atoms with Gasteiger partial charge in [-0.25, -0.2) is 4.79 Å². The molecule has 0 bridgehead atoms. The molecule has 0 saturated carbocycles. The van der Waals surface area contributed by atoms with Crippen molar-refractivity contribution in [1.29, 1.82) is 0 Å². The number of carbonyl (C=O) groups is 2. The van der Waals surface area contributed by atoms with Gasteiger partial charge in [0.15, 0.2) is 0 Å². The molecule has 6 heteroatoms. The molecular weight excluding hydrogens is 526 g/mol. The van der Waals surface area contributed by atoms with Gasteiger partial charge in [-0.3, -0.25) is 4.79 Å². The van der Waals surface area contributed by atoms with Gasteiger partial charge in [-0.15, -0.1) is 0 Å². The quantitative estimate of drug-likeness (QED) is 0.225. The maximum atomic E-state index is 14.3. The van der Waals surface area contributed by atoms with Gasteiger partial charge in [0.1, 0.15) is 24.1 Å². The Kier molecular flexibility index (Phi) is 7.60. The van der Waals surface area contributed by atoms with Gasteiger partial charge in [-0.1, -0.05) is 103 Å². The van der Waals surface area contributed by atoms with Gasteiger partial charge in [0, 0.05) is 24.1 Å². The van der Waals surface area contributed by atoms with Crippen LogP contribution in [0.5, 0.6) is 11.5 Å². The third kappa shape index (κ3) is 5.56. The summed E-state index contributed by atoms with van der Waals surface area (Å²) < 4.78 is 12.6. The molecule has 1 N–H and O–H groups in total. The fourth-order valence-electron chi connectivity index (χ4n) is 5.55. The van der Waals surface area contributed by atoms with Gasteiger partial charge < -0.3 is 19.5 Å². The predicted octanol–water partition coefficient (Wildman–Crippen LogP) is 6.89. The van der Waals surface area contributed by atoms with E-state index in [9.17, 15) is 14.7 Å². The van der Waals surface area contributed by atoms with Crippen molar-refractivity contribution in [3.63, 3.8) is 0 Å². The molecule has 0 radical (unpaired) electrons. The fourth-order valence-corrected chi connectivity index (χ4v) is 5.55. The maximum absolute atomic E-state index is 14.3. The first-order chi connectivity index (χ1) is 20.5.